The molecule has 0 spiro atoms. The Labute approximate surface area is 109 Å². The van der Waals surface area contributed by atoms with Gasteiger partial charge in [0.15, 0.2) is 5.82 Å². The maximum atomic E-state index is 4.78. The van der Waals surface area contributed by atoms with Gasteiger partial charge in [-0.3, -0.25) is 4.90 Å². The molecule has 1 saturated heterocycles. The van der Waals surface area contributed by atoms with Gasteiger partial charge in [-0.15, -0.1) is 0 Å². The number of nitrogens with one attached hydrogen (secondary N) is 1. The summed E-state index contributed by atoms with van der Waals surface area (Å²) in [5, 5.41) is 7.53. The molecule has 1 aliphatic heterocycles. The number of hydrogen-bond donors (Lipinski definition) is 1. The van der Waals surface area contributed by atoms with Gasteiger partial charge < -0.3 is 9.84 Å². The quantitative estimate of drug-likeness (QED) is 0.831. The van der Waals surface area contributed by atoms with E-state index in [4.69, 9.17) is 4.52 Å². The molecule has 1 fully saturated rings. The van der Waals surface area contributed by atoms with Crippen molar-refractivity contribution in [3.05, 3.63) is 12.2 Å². The molecular weight excluding hydrogens is 228 g/mol. The van der Waals surface area contributed by atoms with Crippen LogP contribution < -0.4 is 5.32 Å². The van der Waals surface area contributed by atoms with Crippen LogP contribution in [-0.4, -0.2) is 46.8 Å². The van der Waals surface area contributed by atoms with Crippen LogP contribution in [0, 0.1) is 0 Å². The second kappa shape index (κ2) is 6.85. The highest BCUT2D eigenvalue weighted by molar-refractivity contribution is 4.88. The molecule has 1 aliphatic rings. The molecule has 5 heteroatoms. The second-order valence-electron chi connectivity index (χ2n) is 5.05. The van der Waals surface area contributed by atoms with Crippen molar-refractivity contribution in [2.45, 2.75) is 51.6 Å². The number of hydrogen-bond acceptors (Lipinski definition) is 5. The number of rotatable bonds is 6. The van der Waals surface area contributed by atoms with E-state index in [9.17, 15) is 0 Å². The largest absolute Gasteiger partial charge is 0.343 e. The number of piperazine rings is 1. The zero-order valence-electron chi connectivity index (χ0n) is 11.4. The van der Waals surface area contributed by atoms with Gasteiger partial charge in [0.1, 0.15) is 0 Å². The van der Waals surface area contributed by atoms with Crippen LogP contribution >= 0.6 is 0 Å². The van der Waals surface area contributed by atoms with E-state index in [-0.39, 0.29) is 0 Å². The van der Waals surface area contributed by atoms with Crippen LogP contribution in [0.2, 0.25) is 0 Å². The molecular formula is C13H24N4O. The highest BCUT2D eigenvalue weighted by atomic mass is 16.5. The van der Waals surface area contributed by atoms with Gasteiger partial charge in [-0.05, 0) is 12.8 Å². The first-order chi connectivity index (χ1) is 8.83. The van der Waals surface area contributed by atoms with Gasteiger partial charge in [-0.1, -0.05) is 25.4 Å². The zero-order valence-corrected chi connectivity index (χ0v) is 11.4. The molecule has 1 aromatic heterocycles. The van der Waals surface area contributed by atoms with E-state index in [1.165, 1.54) is 25.7 Å². The molecule has 5 nitrogen and oxygen atoms in total. The van der Waals surface area contributed by atoms with Crippen LogP contribution in [0.1, 0.15) is 38.9 Å². The Balaban J connectivity index is 1.85. The minimum atomic E-state index is 0.642. The molecule has 2 rings (SSSR count). The van der Waals surface area contributed by atoms with Crippen molar-refractivity contribution in [2.75, 3.05) is 19.6 Å². The summed E-state index contributed by atoms with van der Waals surface area (Å²) < 4.78 is 4.78. The number of aromatic nitrogens is 2. The number of nitrogens with zero attached hydrogens (tertiary/aromatic N) is 3. The zero-order chi connectivity index (χ0) is 12.8. The minimum absolute atomic E-state index is 0.642. The molecule has 2 atom stereocenters. The first-order valence-corrected chi connectivity index (χ1v) is 7.06. The van der Waals surface area contributed by atoms with Gasteiger partial charge in [-0.25, -0.2) is 0 Å². The summed E-state index contributed by atoms with van der Waals surface area (Å²) in [6.45, 7) is 7.78. The smallest absolute Gasteiger partial charge is 0.213 e. The second-order valence-corrected chi connectivity index (χ2v) is 5.05. The van der Waals surface area contributed by atoms with Crippen molar-refractivity contribution in [2.24, 2.45) is 0 Å². The van der Waals surface area contributed by atoms with Crippen LogP contribution in [0.5, 0.6) is 0 Å². The standard InChI is InChI=1S/C13H24N4O/c1-3-5-11-9-17(12(4-2)8-14-11)7-6-13-15-10-18-16-13/h10-12,14H,3-9H2,1-2H3. The molecule has 2 heterocycles. The van der Waals surface area contributed by atoms with E-state index in [1.807, 2.05) is 0 Å². The van der Waals surface area contributed by atoms with Crippen molar-refractivity contribution in [3.63, 3.8) is 0 Å². The molecule has 1 N–H and O–H groups in total. The van der Waals surface area contributed by atoms with Crippen molar-refractivity contribution >= 4 is 0 Å². The maximum absolute atomic E-state index is 4.78. The Morgan fingerprint density at radius 3 is 3.06 bits per heavy atom. The summed E-state index contributed by atoms with van der Waals surface area (Å²) in [6, 6.07) is 1.29. The summed E-state index contributed by atoms with van der Waals surface area (Å²) in [7, 11) is 0. The molecule has 0 amide bonds. The van der Waals surface area contributed by atoms with E-state index < -0.39 is 0 Å². The van der Waals surface area contributed by atoms with Crippen molar-refractivity contribution in [1.82, 2.24) is 20.4 Å². The van der Waals surface area contributed by atoms with E-state index in [2.05, 4.69) is 34.2 Å². The van der Waals surface area contributed by atoms with Gasteiger partial charge in [0.25, 0.3) is 0 Å². The predicted octanol–water partition coefficient (Wildman–Crippen LogP) is 1.46. The lowest BCUT2D eigenvalue weighted by atomic mass is 10.0. The molecule has 1 aromatic rings. The Morgan fingerprint density at radius 1 is 1.50 bits per heavy atom. The predicted molar refractivity (Wildman–Crippen MR) is 70.4 cm³/mol. The average Bonchev–Trinajstić information content (AvgIpc) is 2.90. The maximum Gasteiger partial charge on any atom is 0.213 e. The lowest BCUT2D eigenvalue weighted by Gasteiger charge is -2.40. The van der Waals surface area contributed by atoms with E-state index in [0.717, 1.165) is 31.9 Å². The molecule has 0 radical (unpaired) electrons. The normalized spacial score (nSPS) is 25.4. The lowest BCUT2D eigenvalue weighted by Crippen LogP contribution is -2.56. The summed E-state index contributed by atoms with van der Waals surface area (Å²) in [4.78, 5) is 6.66. The van der Waals surface area contributed by atoms with Crippen molar-refractivity contribution in [1.29, 1.82) is 0 Å². The Hall–Kier alpha value is -0.940. The van der Waals surface area contributed by atoms with Crippen molar-refractivity contribution in [3.8, 4) is 0 Å². The summed E-state index contributed by atoms with van der Waals surface area (Å²) in [5.74, 6) is 0.815. The van der Waals surface area contributed by atoms with Gasteiger partial charge in [0.05, 0.1) is 0 Å². The third-order valence-electron chi connectivity index (χ3n) is 3.75. The molecule has 0 aromatic carbocycles. The molecule has 0 bridgehead atoms. The van der Waals surface area contributed by atoms with Crippen LogP contribution in [0.15, 0.2) is 10.9 Å². The van der Waals surface area contributed by atoms with Gasteiger partial charge >= 0.3 is 0 Å². The van der Waals surface area contributed by atoms with Crippen LogP contribution in [0.3, 0.4) is 0 Å². The van der Waals surface area contributed by atoms with E-state index in [0.29, 0.717) is 12.1 Å². The third-order valence-corrected chi connectivity index (χ3v) is 3.75. The van der Waals surface area contributed by atoms with Crippen LogP contribution in [0.25, 0.3) is 0 Å². The highest BCUT2D eigenvalue weighted by Gasteiger charge is 2.25. The topological polar surface area (TPSA) is 54.2 Å². The molecule has 0 aliphatic carbocycles. The first kappa shape index (κ1) is 13.5. The third kappa shape index (κ3) is 3.53. The highest BCUT2D eigenvalue weighted by Crippen LogP contribution is 2.13. The summed E-state index contributed by atoms with van der Waals surface area (Å²) in [6.07, 6.45) is 5.98. The lowest BCUT2D eigenvalue weighted by molar-refractivity contribution is 0.123. The molecule has 2 unspecified atom stereocenters. The molecule has 18 heavy (non-hydrogen) atoms. The SMILES string of the molecule is CCCC1CN(CCc2ncon2)C(CC)CN1. The fraction of sp³-hybridized carbons (Fsp3) is 0.846. The Bertz CT molecular complexity index is 328. The monoisotopic (exact) mass is 252 g/mol. The Morgan fingerprint density at radius 2 is 2.39 bits per heavy atom. The van der Waals surface area contributed by atoms with Crippen LogP contribution in [0.4, 0.5) is 0 Å². The molecule has 102 valence electrons. The van der Waals surface area contributed by atoms with E-state index >= 15 is 0 Å². The fourth-order valence-corrected chi connectivity index (χ4v) is 2.69. The first-order valence-electron chi connectivity index (χ1n) is 7.06. The van der Waals surface area contributed by atoms with E-state index in [1.54, 1.807) is 0 Å². The van der Waals surface area contributed by atoms with Gasteiger partial charge in [0, 0.05) is 38.1 Å². The fourth-order valence-electron chi connectivity index (χ4n) is 2.69. The summed E-state index contributed by atoms with van der Waals surface area (Å²) >= 11 is 0. The average molecular weight is 252 g/mol. The van der Waals surface area contributed by atoms with Crippen LogP contribution in [-0.2, 0) is 6.42 Å². The Kier molecular flexibility index (Phi) is 5.13. The van der Waals surface area contributed by atoms with Crippen molar-refractivity contribution < 1.29 is 4.52 Å². The minimum Gasteiger partial charge on any atom is -0.343 e. The van der Waals surface area contributed by atoms with Gasteiger partial charge in [-0.2, -0.15) is 4.98 Å². The summed E-state index contributed by atoms with van der Waals surface area (Å²) in [5.41, 5.74) is 0. The van der Waals surface area contributed by atoms with Gasteiger partial charge in [0.2, 0.25) is 6.39 Å². The molecule has 0 saturated carbocycles.